The van der Waals surface area contributed by atoms with Gasteiger partial charge in [0.1, 0.15) is 22.5 Å². The van der Waals surface area contributed by atoms with Crippen molar-refractivity contribution in [2.45, 2.75) is 12.8 Å². The van der Waals surface area contributed by atoms with Gasteiger partial charge in [0.05, 0.1) is 28.5 Å². The monoisotopic (exact) mass is 789 g/mol. The van der Waals surface area contributed by atoms with Crippen molar-refractivity contribution in [3.63, 3.8) is 0 Å². The van der Waals surface area contributed by atoms with E-state index in [2.05, 4.69) is 53.1 Å². The van der Waals surface area contributed by atoms with E-state index in [1.165, 1.54) is 0 Å². The normalized spacial score (nSPS) is 12.4. The van der Waals surface area contributed by atoms with Gasteiger partial charge in [-0.2, -0.15) is 0 Å². The van der Waals surface area contributed by atoms with Crippen LogP contribution in [0.25, 0.3) is 83.6 Å². The summed E-state index contributed by atoms with van der Waals surface area (Å²) in [5.41, 5.74) is 10.3. The Morgan fingerprint density at radius 3 is 2.32 bits per heavy atom. The molecule has 0 amide bonds. The van der Waals surface area contributed by atoms with Gasteiger partial charge in [0.15, 0.2) is 0 Å². The predicted molar refractivity (Wildman–Crippen MR) is 180 cm³/mol. The van der Waals surface area contributed by atoms with E-state index in [1.54, 1.807) is 6.07 Å². The third kappa shape index (κ3) is 4.22. The van der Waals surface area contributed by atoms with Crippen LogP contribution in [0, 0.1) is 6.07 Å². The minimum atomic E-state index is 0. The number of pyridine rings is 1. The molecule has 0 fully saturated rings. The molecular weight excluding hydrogens is 766 g/mol. The quantitative estimate of drug-likeness (QED) is 0.181. The number of phenolic OH excluding ortho intramolecular Hbond substituents is 1. The fourth-order valence-electron chi connectivity index (χ4n) is 7.02. The Hall–Kier alpha value is -5.45. The molecule has 0 radical (unpaired) electrons. The molecular formula is C40H24N3O3Pt-. The van der Waals surface area contributed by atoms with Crippen molar-refractivity contribution in [3.05, 3.63) is 133 Å². The Morgan fingerprint density at radius 2 is 1.43 bits per heavy atom. The van der Waals surface area contributed by atoms with Gasteiger partial charge in [0, 0.05) is 55.4 Å². The molecule has 7 heteroatoms. The first-order chi connectivity index (χ1) is 22.7. The molecule has 0 saturated heterocycles. The maximum Gasteiger partial charge on any atom is 0.137 e. The van der Waals surface area contributed by atoms with Crippen LogP contribution in [0.2, 0.25) is 0 Å². The number of rotatable bonds is 3. The third-order valence-corrected chi connectivity index (χ3v) is 9.18. The van der Waals surface area contributed by atoms with Gasteiger partial charge in [-0.25, -0.2) is 4.98 Å². The van der Waals surface area contributed by atoms with E-state index < -0.39 is 0 Å². The number of aryl methyl sites for hydroxylation is 2. The van der Waals surface area contributed by atoms with E-state index in [4.69, 9.17) is 18.8 Å². The van der Waals surface area contributed by atoms with E-state index in [1.807, 2.05) is 66.9 Å². The molecule has 5 aromatic carbocycles. The van der Waals surface area contributed by atoms with Gasteiger partial charge >= 0.3 is 0 Å². The molecule has 0 saturated carbocycles. The van der Waals surface area contributed by atoms with Crippen LogP contribution in [0.3, 0.4) is 0 Å². The van der Waals surface area contributed by atoms with Crippen molar-refractivity contribution >= 4 is 43.9 Å². The van der Waals surface area contributed by atoms with Gasteiger partial charge in [-0.15, -0.1) is 12.1 Å². The van der Waals surface area contributed by atoms with Crippen molar-refractivity contribution in [1.29, 1.82) is 0 Å². The molecule has 0 bridgehead atoms. The van der Waals surface area contributed by atoms with E-state index >= 15 is 0 Å². The summed E-state index contributed by atoms with van der Waals surface area (Å²) in [5.74, 6) is 0.965. The first-order valence-corrected chi connectivity index (χ1v) is 15.3. The maximum absolute atomic E-state index is 10.8. The van der Waals surface area contributed by atoms with Crippen molar-refractivity contribution in [3.8, 4) is 45.5 Å². The zero-order valence-corrected chi connectivity index (χ0v) is 27.1. The topological polar surface area (TPSA) is 77.2 Å². The van der Waals surface area contributed by atoms with Gasteiger partial charge in [-0.05, 0) is 65.8 Å². The molecule has 228 valence electrons. The number of nitrogens with zero attached hydrogens (tertiary/aromatic N) is 3. The average Bonchev–Trinajstić information content (AvgIpc) is 3.81. The van der Waals surface area contributed by atoms with Gasteiger partial charge < -0.3 is 18.5 Å². The molecule has 10 rings (SSSR count). The molecule has 4 aromatic heterocycles. The average molecular weight is 790 g/mol. The van der Waals surface area contributed by atoms with Crippen LogP contribution < -0.4 is 0 Å². The fraction of sp³-hybridized carbons (Fsp3) is 0.0500. The van der Waals surface area contributed by atoms with E-state index in [0.717, 1.165) is 96.0 Å². The Bertz CT molecular complexity index is 2680. The smallest absolute Gasteiger partial charge is 0.137 e. The van der Waals surface area contributed by atoms with Crippen molar-refractivity contribution in [2.75, 3.05) is 0 Å². The number of aromatic nitrogens is 3. The number of furan rings is 2. The number of benzene rings is 5. The van der Waals surface area contributed by atoms with Crippen LogP contribution in [-0.4, -0.2) is 19.6 Å². The Balaban J connectivity index is 0.00000302. The van der Waals surface area contributed by atoms with E-state index in [-0.39, 0.29) is 26.8 Å². The zero-order valence-electron chi connectivity index (χ0n) is 24.8. The molecule has 47 heavy (non-hydrogen) atoms. The van der Waals surface area contributed by atoms with Crippen molar-refractivity contribution < 1.29 is 35.0 Å². The van der Waals surface area contributed by atoms with Gasteiger partial charge in [0.2, 0.25) is 0 Å². The molecule has 1 N–H and O–H groups in total. The second kappa shape index (κ2) is 10.5. The zero-order chi connectivity index (χ0) is 30.4. The molecule has 0 aliphatic heterocycles. The summed E-state index contributed by atoms with van der Waals surface area (Å²) >= 11 is 0. The molecule has 0 unspecified atom stereocenters. The Labute approximate surface area is 283 Å². The second-order valence-electron chi connectivity index (χ2n) is 11.8. The Kier molecular flexibility index (Phi) is 6.24. The summed E-state index contributed by atoms with van der Waals surface area (Å²) < 4.78 is 14.6. The second-order valence-corrected chi connectivity index (χ2v) is 11.8. The summed E-state index contributed by atoms with van der Waals surface area (Å²) in [5, 5.41) is 14.9. The van der Waals surface area contributed by atoms with Crippen LogP contribution in [0.5, 0.6) is 5.75 Å². The molecule has 0 spiro atoms. The van der Waals surface area contributed by atoms with Crippen molar-refractivity contribution in [1.82, 2.24) is 14.5 Å². The van der Waals surface area contributed by atoms with Crippen LogP contribution in [0.4, 0.5) is 0 Å². The number of fused-ring (bicyclic) bond motifs is 9. The molecule has 9 aromatic rings. The van der Waals surface area contributed by atoms with Crippen LogP contribution in [-0.2, 0) is 33.9 Å². The molecule has 4 heterocycles. The number of para-hydroxylation sites is 2. The SMILES string of the molecule is Oc1cccc2c1-c1nc(-c3cn(-c4ccc5c(c4)oc4ccccc45)c(-c4[c-]ccc5oc6ccccc6c45)n3)ccc1CC2.[Pt]. The summed E-state index contributed by atoms with van der Waals surface area (Å²) in [4.78, 5) is 10.4. The van der Waals surface area contributed by atoms with E-state index in [0.29, 0.717) is 11.5 Å². The molecule has 0 atom stereocenters. The summed E-state index contributed by atoms with van der Waals surface area (Å²) in [6.45, 7) is 0. The summed E-state index contributed by atoms with van der Waals surface area (Å²) in [6.07, 6.45) is 3.78. The van der Waals surface area contributed by atoms with E-state index in [9.17, 15) is 5.11 Å². The Morgan fingerprint density at radius 1 is 0.660 bits per heavy atom. The first kappa shape index (κ1) is 27.8. The number of hydrogen-bond donors (Lipinski definition) is 1. The number of hydrogen-bond acceptors (Lipinski definition) is 5. The third-order valence-electron chi connectivity index (χ3n) is 9.18. The molecule has 1 aliphatic carbocycles. The standard InChI is InChI=1S/C40H24N3O3.Pt/c44-32-11-5-7-23-15-16-24-17-20-30(41-39(24)37(23)32)31-22-43(25-18-19-27-26-8-1-3-12-33(26)46-36(27)21-25)40(42-31)29-10-6-14-35-38(29)28-9-2-4-13-34(28)45-35;/h1-9,11-14,17-22,44H,15-16H2;/q-1;. The van der Waals surface area contributed by atoms with Crippen LogP contribution in [0.15, 0.2) is 124 Å². The predicted octanol–water partition coefficient (Wildman–Crippen LogP) is 9.67. The van der Waals surface area contributed by atoms with Gasteiger partial charge in [0.25, 0.3) is 0 Å². The van der Waals surface area contributed by atoms with Gasteiger partial charge in [-0.3, -0.25) is 4.98 Å². The molecule has 1 aliphatic rings. The van der Waals surface area contributed by atoms with Crippen LogP contribution in [0.1, 0.15) is 11.1 Å². The molecule has 6 nitrogen and oxygen atoms in total. The number of phenols is 1. The minimum absolute atomic E-state index is 0. The van der Waals surface area contributed by atoms with Crippen LogP contribution >= 0.6 is 0 Å². The van der Waals surface area contributed by atoms with Crippen molar-refractivity contribution in [2.24, 2.45) is 0 Å². The number of aromatic hydroxyl groups is 1. The van der Waals surface area contributed by atoms with Gasteiger partial charge in [-0.1, -0.05) is 71.6 Å². The fourth-order valence-corrected chi connectivity index (χ4v) is 7.02. The maximum atomic E-state index is 10.8. The largest absolute Gasteiger partial charge is 0.507 e. The number of imidazole rings is 1. The summed E-state index contributed by atoms with van der Waals surface area (Å²) in [7, 11) is 0. The first-order valence-electron chi connectivity index (χ1n) is 15.3. The minimum Gasteiger partial charge on any atom is -0.507 e. The summed E-state index contributed by atoms with van der Waals surface area (Å²) in [6, 6.07) is 39.6.